The van der Waals surface area contributed by atoms with E-state index in [0.717, 1.165) is 5.69 Å². The fraction of sp³-hybridized carbons (Fsp3) is 0.462. The minimum atomic E-state index is 0.0605. The second-order valence-electron chi connectivity index (χ2n) is 4.24. The van der Waals surface area contributed by atoms with Crippen LogP contribution in [0.15, 0.2) is 18.2 Å². The van der Waals surface area contributed by atoms with Crippen molar-refractivity contribution in [2.45, 2.75) is 33.2 Å². The van der Waals surface area contributed by atoms with Crippen LogP contribution in [-0.2, 0) is 4.79 Å². The fourth-order valence-corrected chi connectivity index (χ4v) is 1.59. The molecule has 0 saturated carbocycles. The lowest BCUT2D eigenvalue weighted by molar-refractivity contribution is -0.120. The van der Waals surface area contributed by atoms with Gasteiger partial charge in [-0.25, -0.2) is 0 Å². The topological polar surface area (TPSA) is 41.1 Å². The van der Waals surface area contributed by atoms with Crippen LogP contribution in [0.2, 0.25) is 0 Å². The highest BCUT2D eigenvalue weighted by molar-refractivity contribution is 5.76. The van der Waals surface area contributed by atoms with Crippen LogP contribution < -0.4 is 10.6 Å². The molecule has 1 rings (SSSR count). The zero-order valence-electron chi connectivity index (χ0n) is 10.4. The summed E-state index contributed by atoms with van der Waals surface area (Å²) in [5.41, 5.74) is 3.53. The van der Waals surface area contributed by atoms with E-state index in [4.69, 9.17) is 0 Å². The van der Waals surface area contributed by atoms with E-state index < -0.39 is 0 Å². The Kier molecular flexibility index (Phi) is 4.35. The molecule has 0 aliphatic rings. The van der Waals surface area contributed by atoms with E-state index in [1.807, 2.05) is 6.92 Å². The number of anilines is 1. The van der Waals surface area contributed by atoms with Crippen LogP contribution >= 0.6 is 0 Å². The Hall–Kier alpha value is -1.51. The van der Waals surface area contributed by atoms with Crippen molar-refractivity contribution in [1.29, 1.82) is 0 Å². The number of nitrogens with one attached hydrogen (secondary N) is 2. The first kappa shape index (κ1) is 12.6. The molecule has 1 unspecified atom stereocenters. The third-order valence-electron chi connectivity index (χ3n) is 2.57. The quantitative estimate of drug-likeness (QED) is 0.817. The molecule has 0 radical (unpaired) electrons. The molecule has 0 bridgehead atoms. The smallest absolute Gasteiger partial charge is 0.221 e. The number of hydrogen-bond donors (Lipinski definition) is 2. The zero-order chi connectivity index (χ0) is 12.1. The molecule has 0 spiro atoms. The minimum Gasteiger partial charge on any atom is -0.382 e. The second kappa shape index (κ2) is 5.54. The number of amides is 1. The predicted octanol–water partition coefficient (Wildman–Crippen LogP) is 2.24. The summed E-state index contributed by atoms with van der Waals surface area (Å²) in [5.74, 6) is 0.0605. The molecule has 1 aromatic carbocycles. The van der Waals surface area contributed by atoms with Crippen molar-refractivity contribution in [3.8, 4) is 0 Å². The molecule has 16 heavy (non-hydrogen) atoms. The Labute approximate surface area is 97.2 Å². The lowest BCUT2D eigenvalue weighted by Gasteiger charge is -2.16. The van der Waals surface area contributed by atoms with Gasteiger partial charge in [0, 0.05) is 25.2 Å². The molecule has 0 fully saturated rings. The van der Waals surface area contributed by atoms with E-state index in [1.54, 1.807) is 7.05 Å². The monoisotopic (exact) mass is 220 g/mol. The molecule has 88 valence electrons. The van der Waals surface area contributed by atoms with Crippen LogP contribution in [0.5, 0.6) is 0 Å². The van der Waals surface area contributed by atoms with Gasteiger partial charge in [-0.3, -0.25) is 4.79 Å². The molecule has 0 saturated heterocycles. The van der Waals surface area contributed by atoms with E-state index >= 15 is 0 Å². The van der Waals surface area contributed by atoms with E-state index in [1.165, 1.54) is 11.1 Å². The van der Waals surface area contributed by atoms with E-state index in [0.29, 0.717) is 6.42 Å². The van der Waals surface area contributed by atoms with E-state index in [-0.39, 0.29) is 11.9 Å². The second-order valence-corrected chi connectivity index (χ2v) is 4.24. The minimum absolute atomic E-state index is 0.0605. The van der Waals surface area contributed by atoms with Crippen molar-refractivity contribution in [3.05, 3.63) is 29.3 Å². The van der Waals surface area contributed by atoms with Crippen molar-refractivity contribution in [3.63, 3.8) is 0 Å². The Balaban J connectivity index is 2.65. The van der Waals surface area contributed by atoms with Crippen LogP contribution in [0, 0.1) is 13.8 Å². The van der Waals surface area contributed by atoms with Crippen molar-refractivity contribution in [2.24, 2.45) is 0 Å². The van der Waals surface area contributed by atoms with Crippen LogP contribution in [0.4, 0.5) is 5.69 Å². The summed E-state index contributed by atoms with van der Waals surface area (Å²) >= 11 is 0. The zero-order valence-corrected chi connectivity index (χ0v) is 10.4. The summed E-state index contributed by atoms with van der Waals surface area (Å²) in [6, 6.07) is 6.42. The Morgan fingerprint density at radius 3 is 2.69 bits per heavy atom. The molecule has 3 nitrogen and oxygen atoms in total. The molecule has 1 aromatic rings. The van der Waals surface area contributed by atoms with E-state index in [9.17, 15) is 4.79 Å². The summed E-state index contributed by atoms with van der Waals surface area (Å²) < 4.78 is 0. The Morgan fingerprint density at radius 1 is 1.38 bits per heavy atom. The molecule has 0 aliphatic carbocycles. The molecule has 1 atom stereocenters. The first-order valence-corrected chi connectivity index (χ1v) is 5.57. The van der Waals surface area contributed by atoms with Gasteiger partial charge in [0.1, 0.15) is 0 Å². The predicted molar refractivity (Wildman–Crippen MR) is 67.7 cm³/mol. The molecule has 2 N–H and O–H groups in total. The van der Waals surface area contributed by atoms with Crippen LogP contribution in [0.3, 0.4) is 0 Å². The van der Waals surface area contributed by atoms with Gasteiger partial charge in [0.05, 0.1) is 0 Å². The summed E-state index contributed by atoms with van der Waals surface area (Å²) in [6.07, 6.45) is 0.490. The lowest BCUT2D eigenvalue weighted by atomic mass is 10.1. The first-order valence-electron chi connectivity index (χ1n) is 5.57. The van der Waals surface area contributed by atoms with Gasteiger partial charge in [0.2, 0.25) is 5.91 Å². The average molecular weight is 220 g/mol. The number of carbonyl (C=O) groups is 1. The van der Waals surface area contributed by atoms with Crippen molar-refractivity contribution in [1.82, 2.24) is 5.32 Å². The molecular weight excluding hydrogens is 200 g/mol. The third-order valence-corrected chi connectivity index (χ3v) is 2.57. The Morgan fingerprint density at radius 2 is 2.06 bits per heavy atom. The largest absolute Gasteiger partial charge is 0.382 e. The van der Waals surface area contributed by atoms with Crippen LogP contribution in [-0.4, -0.2) is 19.0 Å². The van der Waals surface area contributed by atoms with Gasteiger partial charge >= 0.3 is 0 Å². The molecular formula is C13H20N2O. The normalized spacial score (nSPS) is 12.0. The number of hydrogen-bond acceptors (Lipinski definition) is 2. The molecule has 0 aliphatic heterocycles. The summed E-state index contributed by atoms with van der Waals surface area (Å²) in [4.78, 5) is 11.2. The fourth-order valence-electron chi connectivity index (χ4n) is 1.59. The van der Waals surface area contributed by atoms with Gasteiger partial charge in [-0.05, 0) is 38.0 Å². The van der Waals surface area contributed by atoms with Crippen molar-refractivity contribution in [2.75, 3.05) is 12.4 Å². The SMILES string of the molecule is CNC(=O)CC(C)Nc1cc(C)ccc1C. The maximum absolute atomic E-state index is 11.2. The lowest BCUT2D eigenvalue weighted by Crippen LogP contribution is -2.27. The summed E-state index contributed by atoms with van der Waals surface area (Å²) in [5, 5.41) is 5.98. The number of aryl methyl sites for hydroxylation is 2. The van der Waals surface area contributed by atoms with Gasteiger partial charge in [0.15, 0.2) is 0 Å². The number of rotatable bonds is 4. The molecule has 3 heteroatoms. The van der Waals surface area contributed by atoms with Crippen LogP contribution in [0.1, 0.15) is 24.5 Å². The summed E-state index contributed by atoms with van der Waals surface area (Å²) in [6.45, 7) is 6.14. The maximum Gasteiger partial charge on any atom is 0.221 e. The standard InChI is InChI=1S/C13H20N2O/c1-9-5-6-10(2)12(7-9)15-11(3)8-13(16)14-4/h5-7,11,15H,8H2,1-4H3,(H,14,16). The van der Waals surface area contributed by atoms with E-state index in [2.05, 4.69) is 42.7 Å². The highest BCUT2D eigenvalue weighted by Crippen LogP contribution is 2.17. The first-order chi connectivity index (χ1) is 7.52. The Bertz CT molecular complexity index is 374. The van der Waals surface area contributed by atoms with Gasteiger partial charge in [0.25, 0.3) is 0 Å². The molecule has 0 aromatic heterocycles. The van der Waals surface area contributed by atoms with Gasteiger partial charge in [-0.2, -0.15) is 0 Å². The summed E-state index contributed by atoms with van der Waals surface area (Å²) in [7, 11) is 1.66. The highest BCUT2D eigenvalue weighted by atomic mass is 16.1. The average Bonchev–Trinajstić information content (AvgIpc) is 2.23. The molecule has 1 amide bonds. The van der Waals surface area contributed by atoms with Crippen molar-refractivity contribution < 1.29 is 4.79 Å². The highest BCUT2D eigenvalue weighted by Gasteiger charge is 2.08. The molecule has 0 heterocycles. The van der Waals surface area contributed by atoms with Crippen LogP contribution in [0.25, 0.3) is 0 Å². The van der Waals surface area contributed by atoms with Gasteiger partial charge in [-0.1, -0.05) is 12.1 Å². The number of carbonyl (C=O) groups excluding carboxylic acids is 1. The maximum atomic E-state index is 11.2. The number of benzene rings is 1. The third kappa shape index (κ3) is 3.57. The van der Waals surface area contributed by atoms with Crippen molar-refractivity contribution >= 4 is 11.6 Å². The van der Waals surface area contributed by atoms with Gasteiger partial charge in [-0.15, -0.1) is 0 Å². The van der Waals surface area contributed by atoms with Gasteiger partial charge < -0.3 is 10.6 Å².